The maximum Gasteiger partial charge on any atom is 0.228 e. The molecular weight excluding hydrogens is 347 g/mol. The third kappa shape index (κ3) is 4.31. The van der Waals surface area contributed by atoms with Crippen molar-refractivity contribution in [3.63, 3.8) is 0 Å². The summed E-state index contributed by atoms with van der Waals surface area (Å²) in [6.45, 7) is 3.69. The summed E-state index contributed by atoms with van der Waals surface area (Å²) in [6, 6.07) is 7.10. The van der Waals surface area contributed by atoms with E-state index in [9.17, 15) is 9.18 Å². The molecule has 6 nitrogen and oxygen atoms in total. The molecule has 0 radical (unpaired) electrons. The Morgan fingerprint density at radius 2 is 2.19 bits per heavy atom. The molecule has 27 heavy (non-hydrogen) atoms. The van der Waals surface area contributed by atoms with Crippen LogP contribution < -0.4 is 0 Å². The lowest BCUT2D eigenvalue weighted by atomic mass is 9.97. The number of aromatic nitrogens is 2. The van der Waals surface area contributed by atoms with Gasteiger partial charge in [-0.05, 0) is 30.2 Å². The molecule has 2 aromatic rings. The molecule has 2 aromatic heterocycles. The van der Waals surface area contributed by atoms with Crippen molar-refractivity contribution in [3.05, 3.63) is 59.9 Å². The van der Waals surface area contributed by atoms with Crippen LogP contribution in [-0.2, 0) is 22.5 Å². The molecule has 2 atom stereocenters. The van der Waals surface area contributed by atoms with Gasteiger partial charge in [0.05, 0.1) is 31.4 Å². The fraction of sp³-hybridized carbons (Fsp3) is 0.450. The molecule has 0 spiro atoms. The van der Waals surface area contributed by atoms with E-state index >= 15 is 0 Å². The number of likely N-dealkylation sites (tertiary alicyclic amines) is 1. The zero-order chi connectivity index (χ0) is 18.6. The molecular formula is C20H23FN4O2. The molecule has 0 unspecified atom stereocenters. The average molecular weight is 370 g/mol. The lowest BCUT2D eigenvalue weighted by molar-refractivity contribution is -0.142. The Morgan fingerprint density at radius 3 is 2.96 bits per heavy atom. The van der Waals surface area contributed by atoms with E-state index in [-0.39, 0.29) is 24.5 Å². The van der Waals surface area contributed by atoms with Gasteiger partial charge in [-0.3, -0.25) is 19.7 Å². The number of amides is 1. The maximum atomic E-state index is 13.0. The number of hydrogen-bond donors (Lipinski definition) is 0. The Morgan fingerprint density at radius 1 is 1.26 bits per heavy atom. The number of morpholine rings is 1. The summed E-state index contributed by atoms with van der Waals surface area (Å²) >= 11 is 0. The average Bonchev–Trinajstić information content (AvgIpc) is 2.70. The quantitative estimate of drug-likeness (QED) is 0.819. The SMILES string of the molecule is O=C(Cc1ccc(F)cn1)N1CC[C@@H]2OCCN(Cc3cccnc3)[C@H]2C1. The van der Waals surface area contributed by atoms with Crippen LogP contribution in [0.2, 0.25) is 0 Å². The van der Waals surface area contributed by atoms with Gasteiger partial charge in [-0.2, -0.15) is 0 Å². The summed E-state index contributed by atoms with van der Waals surface area (Å²) in [5.74, 6) is -0.364. The van der Waals surface area contributed by atoms with Gasteiger partial charge in [0, 0.05) is 44.3 Å². The van der Waals surface area contributed by atoms with Gasteiger partial charge in [0.25, 0.3) is 0 Å². The number of halogens is 1. The summed E-state index contributed by atoms with van der Waals surface area (Å²) in [6.07, 6.45) is 5.99. The van der Waals surface area contributed by atoms with Gasteiger partial charge in [-0.15, -0.1) is 0 Å². The Labute approximate surface area is 158 Å². The van der Waals surface area contributed by atoms with Crippen LogP contribution >= 0.6 is 0 Å². The second kappa shape index (κ2) is 8.10. The number of pyridine rings is 2. The highest BCUT2D eigenvalue weighted by atomic mass is 19.1. The van der Waals surface area contributed by atoms with Gasteiger partial charge in [-0.1, -0.05) is 6.07 Å². The molecule has 2 aliphatic heterocycles. The number of rotatable bonds is 4. The smallest absolute Gasteiger partial charge is 0.228 e. The number of carbonyl (C=O) groups excluding carboxylic acids is 1. The van der Waals surface area contributed by atoms with Crippen molar-refractivity contribution in [1.82, 2.24) is 19.8 Å². The van der Waals surface area contributed by atoms with Gasteiger partial charge in [0.1, 0.15) is 5.82 Å². The zero-order valence-corrected chi connectivity index (χ0v) is 15.1. The first-order valence-corrected chi connectivity index (χ1v) is 9.32. The van der Waals surface area contributed by atoms with Crippen molar-refractivity contribution >= 4 is 5.91 Å². The molecule has 2 saturated heterocycles. The summed E-state index contributed by atoms with van der Waals surface area (Å²) in [4.78, 5) is 25.2. The second-order valence-electron chi connectivity index (χ2n) is 7.08. The van der Waals surface area contributed by atoms with Crippen molar-refractivity contribution < 1.29 is 13.9 Å². The van der Waals surface area contributed by atoms with Crippen molar-refractivity contribution in [2.75, 3.05) is 26.2 Å². The number of carbonyl (C=O) groups is 1. The van der Waals surface area contributed by atoms with Gasteiger partial charge in [-0.25, -0.2) is 4.39 Å². The number of fused-ring (bicyclic) bond motifs is 1. The minimum atomic E-state index is -0.391. The Kier molecular flexibility index (Phi) is 5.40. The van der Waals surface area contributed by atoms with Gasteiger partial charge < -0.3 is 9.64 Å². The summed E-state index contributed by atoms with van der Waals surface area (Å²) in [5, 5.41) is 0. The first kappa shape index (κ1) is 18.0. The highest BCUT2D eigenvalue weighted by molar-refractivity contribution is 5.78. The summed E-state index contributed by atoms with van der Waals surface area (Å²) < 4.78 is 19.0. The van der Waals surface area contributed by atoms with E-state index in [0.29, 0.717) is 18.8 Å². The normalized spacial score (nSPS) is 23.1. The van der Waals surface area contributed by atoms with Gasteiger partial charge in [0.2, 0.25) is 5.91 Å². The topological polar surface area (TPSA) is 58.6 Å². The molecule has 1 amide bonds. The van der Waals surface area contributed by atoms with Crippen molar-refractivity contribution in [2.45, 2.75) is 31.5 Å². The lowest BCUT2D eigenvalue weighted by Crippen LogP contribution is -2.60. The lowest BCUT2D eigenvalue weighted by Gasteiger charge is -2.47. The fourth-order valence-electron chi connectivity index (χ4n) is 3.87. The Balaban J connectivity index is 1.41. The molecule has 2 fully saturated rings. The van der Waals surface area contributed by atoms with E-state index in [0.717, 1.165) is 37.9 Å². The van der Waals surface area contributed by atoms with E-state index in [1.54, 1.807) is 12.3 Å². The second-order valence-corrected chi connectivity index (χ2v) is 7.08. The standard InChI is InChI=1S/C20H23FN4O2/c21-16-3-4-17(23-12-16)10-20(26)25-7-5-19-18(14-25)24(8-9-27-19)13-15-2-1-6-22-11-15/h1-4,6,11-12,18-19H,5,7-10,13-14H2/t18-,19-/m0/s1. The van der Waals surface area contributed by atoms with Crippen LogP contribution in [0.5, 0.6) is 0 Å². The summed E-state index contributed by atoms with van der Waals surface area (Å²) in [7, 11) is 0. The highest BCUT2D eigenvalue weighted by Gasteiger charge is 2.38. The molecule has 7 heteroatoms. The highest BCUT2D eigenvalue weighted by Crippen LogP contribution is 2.25. The van der Waals surface area contributed by atoms with Crippen LogP contribution in [-0.4, -0.2) is 64.1 Å². The fourth-order valence-corrected chi connectivity index (χ4v) is 3.87. The molecule has 0 aromatic carbocycles. The molecule has 4 rings (SSSR count). The van der Waals surface area contributed by atoms with Gasteiger partial charge in [0.15, 0.2) is 0 Å². The van der Waals surface area contributed by atoms with Crippen LogP contribution in [0.3, 0.4) is 0 Å². The van der Waals surface area contributed by atoms with Crippen molar-refractivity contribution in [1.29, 1.82) is 0 Å². The van der Waals surface area contributed by atoms with Crippen LogP contribution in [0.4, 0.5) is 4.39 Å². The minimum Gasteiger partial charge on any atom is -0.375 e. The van der Waals surface area contributed by atoms with E-state index in [4.69, 9.17) is 4.74 Å². The van der Waals surface area contributed by atoms with E-state index < -0.39 is 5.82 Å². The minimum absolute atomic E-state index is 0.0273. The van der Waals surface area contributed by atoms with Crippen LogP contribution in [0.15, 0.2) is 42.9 Å². The Bertz CT molecular complexity index is 771. The van der Waals surface area contributed by atoms with Crippen molar-refractivity contribution in [2.24, 2.45) is 0 Å². The maximum absolute atomic E-state index is 13.0. The van der Waals surface area contributed by atoms with E-state index in [2.05, 4.69) is 20.9 Å². The monoisotopic (exact) mass is 370 g/mol. The van der Waals surface area contributed by atoms with Crippen molar-refractivity contribution in [3.8, 4) is 0 Å². The van der Waals surface area contributed by atoms with Crippen LogP contribution in [0.1, 0.15) is 17.7 Å². The van der Waals surface area contributed by atoms with E-state index in [1.807, 2.05) is 17.2 Å². The molecule has 0 bridgehead atoms. The molecule has 2 aliphatic rings. The number of ether oxygens (including phenoxy) is 1. The number of nitrogens with zero attached hydrogens (tertiary/aromatic N) is 4. The molecule has 142 valence electrons. The molecule has 0 aliphatic carbocycles. The van der Waals surface area contributed by atoms with Crippen LogP contribution in [0, 0.1) is 5.82 Å². The van der Waals surface area contributed by atoms with Crippen LogP contribution in [0.25, 0.3) is 0 Å². The third-order valence-corrected chi connectivity index (χ3v) is 5.28. The largest absolute Gasteiger partial charge is 0.375 e. The zero-order valence-electron chi connectivity index (χ0n) is 15.1. The first-order valence-electron chi connectivity index (χ1n) is 9.32. The summed E-state index contributed by atoms with van der Waals surface area (Å²) in [5.41, 5.74) is 1.76. The predicted octanol–water partition coefficient (Wildman–Crippen LogP) is 1.66. The van der Waals surface area contributed by atoms with E-state index in [1.165, 1.54) is 6.07 Å². The Hall–Kier alpha value is -2.38. The third-order valence-electron chi connectivity index (χ3n) is 5.28. The molecule has 0 N–H and O–H groups in total. The number of hydrogen-bond acceptors (Lipinski definition) is 5. The molecule has 4 heterocycles. The first-order chi connectivity index (χ1) is 13.2. The predicted molar refractivity (Wildman–Crippen MR) is 97.3 cm³/mol. The van der Waals surface area contributed by atoms with Gasteiger partial charge >= 0.3 is 0 Å². The molecule has 0 saturated carbocycles. The number of piperidine rings is 1.